The molecular weight excluding hydrogens is 412 g/mol. The molecule has 8 nitrogen and oxygen atoms in total. The van der Waals surface area contributed by atoms with Gasteiger partial charge in [-0.05, 0) is 50.3 Å². The minimum absolute atomic E-state index is 0.294. The summed E-state index contributed by atoms with van der Waals surface area (Å²) in [6.45, 7) is 2.11. The van der Waals surface area contributed by atoms with Gasteiger partial charge in [0.05, 0.1) is 18.2 Å². The van der Waals surface area contributed by atoms with Crippen molar-refractivity contribution in [3.63, 3.8) is 0 Å². The van der Waals surface area contributed by atoms with Crippen LogP contribution < -0.4 is 4.74 Å². The standard InChI is InChI=1S/C21H21ClN2O6/c1-12-19(29-21(25)14-4-8-16(9-5-14)30-24(26)27)18-11-28-20(17(18)10-23-12)13-2-6-15(22)7-3-13/h2-3,6-7,10,14,16,20H,4-5,8-9,11H2,1H3/t14-,16+,20?. The van der Waals surface area contributed by atoms with E-state index in [1.807, 2.05) is 12.1 Å². The summed E-state index contributed by atoms with van der Waals surface area (Å²) in [5.41, 5.74) is 3.26. The van der Waals surface area contributed by atoms with Gasteiger partial charge in [-0.3, -0.25) is 9.78 Å². The molecule has 1 fully saturated rings. The largest absolute Gasteiger partial charge is 0.424 e. The van der Waals surface area contributed by atoms with Crippen LogP contribution in [0, 0.1) is 23.0 Å². The zero-order chi connectivity index (χ0) is 21.3. The summed E-state index contributed by atoms with van der Waals surface area (Å²) >= 11 is 5.98. The number of fused-ring (bicyclic) bond motifs is 1. The van der Waals surface area contributed by atoms with E-state index in [4.69, 9.17) is 21.1 Å². The lowest BCUT2D eigenvalue weighted by molar-refractivity contribution is -0.769. The molecule has 0 N–H and O–H groups in total. The summed E-state index contributed by atoms with van der Waals surface area (Å²) in [4.78, 5) is 32.3. The van der Waals surface area contributed by atoms with Gasteiger partial charge in [-0.2, -0.15) is 0 Å². The molecule has 1 unspecified atom stereocenters. The fourth-order valence-corrected chi connectivity index (χ4v) is 4.17. The van der Waals surface area contributed by atoms with Crippen LogP contribution in [0.2, 0.25) is 5.02 Å². The molecule has 0 radical (unpaired) electrons. The second-order valence-corrected chi connectivity index (χ2v) is 8.01. The number of carbonyl (C=O) groups excluding carboxylic acids is 1. The number of rotatable bonds is 5. The molecular formula is C21H21ClN2O6. The van der Waals surface area contributed by atoms with Crippen molar-refractivity contribution in [1.82, 2.24) is 4.98 Å². The summed E-state index contributed by atoms with van der Waals surface area (Å²) < 4.78 is 11.7. The minimum atomic E-state index is -0.775. The number of aromatic nitrogens is 1. The van der Waals surface area contributed by atoms with Crippen molar-refractivity contribution in [3.05, 3.63) is 68.0 Å². The smallest absolute Gasteiger partial charge is 0.314 e. The molecule has 1 aliphatic heterocycles. The first-order valence-corrected chi connectivity index (χ1v) is 10.2. The number of ether oxygens (including phenoxy) is 2. The Kier molecular flexibility index (Phi) is 5.87. The summed E-state index contributed by atoms with van der Waals surface area (Å²) in [7, 11) is 0. The third-order valence-electron chi connectivity index (χ3n) is 5.64. The van der Waals surface area contributed by atoms with Crippen molar-refractivity contribution >= 4 is 17.6 Å². The summed E-state index contributed by atoms with van der Waals surface area (Å²) in [6.07, 6.45) is 2.89. The van der Waals surface area contributed by atoms with Crippen LogP contribution in [0.25, 0.3) is 0 Å². The second-order valence-electron chi connectivity index (χ2n) is 7.57. The number of esters is 1. The van der Waals surface area contributed by atoms with E-state index in [1.165, 1.54) is 0 Å². The van der Waals surface area contributed by atoms with Crippen molar-refractivity contribution in [2.75, 3.05) is 0 Å². The van der Waals surface area contributed by atoms with E-state index >= 15 is 0 Å². The van der Waals surface area contributed by atoms with E-state index in [2.05, 4.69) is 9.82 Å². The molecule has 9 heteroatoms. The first-order valence-electron chi connectivity index (χ1n) is 9.80. The molecule has 0 saturated heterocycles. The number of hydrogen-bond acceptors (Lipinski definition) is 7. The third kappa shape index (κ3) is 4.24. The Labute approximate surface area is 178 Å². The summed E-state index contributed by atoms with van der Waals surface area (Å²) in [5.74, 6) is -0.221. The maximum absolute atomic E-state index is 12.8. The molecule has 1 aliphatic carbocycles. The molecule has 2 aromatic rings. The van der Waals surface area contributed by atoms with Crippen LogP contribution in [0.1, 0.15) is 54.2 Å². The van der Waals surface area contributed by atoms with Gasteiger partial charge in [0, 0.05) is 22.3 Å². The van der Waals surface area contributed by atoms with E-state index in [9.17, 15) is 14.9 Å². The summed E-state index contributed by atoms with van der Waals surface area (Å²) in [6, 6.07) is 7.41. The van der Waals surface area contributed by atoms with Crippen LogP contribution in [0.3, 0.4) is 0 Å². The average Bonchev–Trinajstić information content (AvgIpc) is 3.15. The first kappa shape index (κ1) is 20.6. The Morgan fingerprint density at radius 3 is 2.60 bits per heavy atom. The maximum Gasteiger partial charge on any atom is 0.314 e. The van der Waals surface area contributed by atoms with Gasteiger partial charge < -0.3 is 14.3 Å². The molecule has 1 atom stereocenters. The number of pyridine rings is 1. The fourth-order valence-electron chi connectivity index (χ4n) is 4.04. The minimum Gasteiger partial charge on any atom is -0.424 e. The van der Waals surface area contributed by atoms with Gasteiger partial charge in [-0.1, -0.05) is 23.7 Å². The van der Waals surface area contributed by atoms with Gasteiger partial charge in [0.1, 0.15) is 12.2 Å². The van der Waals surface area contributed by atoms with Crippen molar-refractivity contribution in [2.45, 2.75) is 51.4 Å². The summed E-state index contributed by atoms with van der Waals surface area (Å²) in [5, 5.41) is 10.4. The molecule has 30 heavy (non-hydrogen) atoms. The number of hydrogen-bond donors (Lipinski definition) is 0. The predicted octanol–water partition coefficient (Wildman–Crippen LogP) is 4.34. The van der Waals surface area contributed by atoms with E-state index in [1.54, 1.807) is 25.3 Å². The van der Waals surface area contributed by atoms with Crippen molar-refractivity contribution < 1.29 is 24.2 Å². The topological polar surface area (TPSA) is 101 Å². The highest BCUT2D eigenvalue weighted by molar-refractivity contribution is 6.30. The van der Waals surface area contributed by atoms with Gasteiger partial charge in [0.25, 0.3) is 5.09 Å². The molecule has 4 rings (SSSR count). The lowest BCUT2D eigenvalue weighted by Gasteiger charge is -2.25. The lowest BCUT2D eigenvalue weighted by atomic mass is 9.87. The average molecular weight is 433 g/mol. The lowest BCUT2D eigenvalue weighted by Crippen LogP contribution is -2.30. The van der Waals surface area contributed by atoms with Crippen LogP contribution in [0.5, 0.6) is 5.75 Å². The van der Waals surface area contributed by atoms with Gasteiger partial charge in [-0.25, -0.2) is 0 Å². The number of carbonyl (C=O) groups is 1. The van der Waals surface area contributed by atoms with Crippen LogP contribution in [0.4, 0.5) is 0 Å². The molecule has 1 saturated carbocycles. The number of nitrogens with zero attached hydrogens (tertiary/aromatic N) is 2. The monoisotopic (exact) mass is 432 g/mol. The molecule has 0 spiro atoms. The van der Waals surface area contributed by atoms with Gasteiger partial charge >= 0.3 is 5.97 Å². The van der Waals surface area contributed by atoms with E-state index in [0.29, 0.717) is 48.8 Å². The highest BCUT2D eigenvalue weighted by Gasteiger charge is 2.33. The Bertz CT molecular complexity index is 957. The maximum atomic E-state index is 12.8. The van der Waals surface area contributed by atoms with Crippen molar-refractivity contribution in [2.24, 2.45) is 5.92 Å². The van der Waals surface area contributed by atoms with Crippen LogP contribution in [-0.4, -0.2) is 22.1 Å². The van der Waals surface area contributed by atoms with Gasteiger partial charge in [0.15, 0.2) is 5.75 Å². The molecule has 2 heterocycles. The Morgan fingerprint density at radius 2 is 1.93 bits per heavy atom. The van der Waals surface area contributed by atoms with E-state index < -0.39 is 11.2 Å². The van der Waals surface area contributed by atoms with E-state index in [-0.39, 0.29) is 18.0 Å². The molecule has 158 valence electrons. The first-order chi connectivity index (χ1) is 14.4. The highest BCUT2D eigenvalue weighted by Crippen LogP contribution is 2.41. The van der Waals surface area contributed by atoms with Crippen molar-refractivity contribution in [1.29, 1.82) is 0 Å². The number of halogens is 1. The van der Waals surface area contributed by atoms with Crippen LogP contribution in [-0.2, 0) is 21.0 Å². The number of aryl methyl sites for hydroxylation is 1. The van der Waals surface area contributed by atoms with Gasteiger partial charge in [-0.15, -0.1) is 10.1 Å². The molecule has 0 amide bonds. The number of benzene rings is 1. The third-order valence-corrected chi connectivity index (χ3v) is 5.90. The van der Waals surface area contributed by atoms with Crippen LogP contribution in [0.15, 0.2) is 30.5 Å². The van der Waals surface area contributed by atoms with Crippen molar-refractivity contribution in [3.8, 4) is 5.75 Å². The Morgan fingerprint density at radius 1 is 1.23 bits per heavy atom. The Balaban J connectivity index is 1.48. The zero-order valence-electron chi connectivity index (χ0n) is 16.4. The SMILES string of the molecule is Cc1ncc2c(c1OC(=O)[C@H]1CC[C@@H](O[N+](=O)[O-])CC1)COC2c1ccc(Cl)cc1. The molecule has 0 bridgehead atoms. The normalized spacial score (nSPS) is 22.9. The molecule has 1 aromatic carbocycles. The Hall–Kier alpha value is -2.71. The van der Waals surface area contributed by atoms with E-state index in [0.717, 1.165) is 16.7 Å². The predicted molar refractivity (Wildman–Crippen MR) is 107 cm³/mol. The quantitative estimate of drug-likeness (QED) is 0.393. The second kappa shape index (κ2) is 8.57. The highest BCUT2D eigenvalue weighted by atomic mass is 35.5. The zero-order valence-corrected chi connectivity index (χ0v) is 17.1. The van der Waals surface area contributed by atoms with Gasteiger partial charge in [0.2, 0.25) is 0 Å². The molecule has 1 aromatic heterocycles. The molecule has 2 aliphatic rings. The fraction of sp³-hybridized carbons (Fsp3) is 0.429. The van der Waals surface area contributed by atoms with Crippen LogP contribution >= 0.6 is 11.6 Å².